The van der Waals surface area contributed by atoms with Crippen molar-refractivity contribution in [1.82, 2.24) is 5.32 Å². The first kappa shape index (κ1) is 12.6. The minimum absolute atomic E-state index is 0.308. The molecule has 0 saturated heterocycles. The first-order chi connectivity index (χ1) is 8.35. The van der Waals surface area contributed by atoms with E-state index in [-0.39, 0.29) is 0 Å². The van der Waals surface area contributed by atoms with Crippen molar-refractivity contribution in [2.24, 2.45) is 0 Å². The Bertz CT molecular complexity index is 347. The van der Waals surface area contributed by atoms with Crippen LogP contribution in [0.1, 0.15) is 43.4 Å². The highest BCUT2D eigenvalue weighted by Gasteiger charge is 2.20. The molecular weight excluding hydrogens is 210 g/mol. The van der Waals surface area contributed by atoms with Crippen LogP contribution < -0.4 is 5.32 Å². The van der Waals surface area contributed by atoms with Gasteiger partial charge in [0.25, 0.3) is 0 Å². The minimum Gasteiger partial charge on any atom is -0.372 e. The molecule has 0 aromatic heterocycles. The number of likely N-dealkylation sites (N-methyl/N-ethyl adjacent to an activating group) is 1. The highest BCUT2D eigenvalue weighted by atomic mass is 16.5. The van der Waals surface area contributed by atoms with Crippen molar-refractivity contribution in [1.29, 1.82) is 0 Å². The van der Waals surface area contributed by atoms with Crippen molar-refractivity contribution in [3.8, 4) is 0 Å². The summed E-state index contributed by atoms with van der Waals surface area (Å²) in [5, 5.41) is 3.29. The zero-order valence-electron chi connectivity index (χ0n) is 10.9. The highest BCUT2D eigenvalue weighted by molar-refractivity contribution is 5.31. The Kier molecular flexibility index (Phi) is 4.57. The van der Waals surface area contributed by atoms with Gasteiger partial charge in [-0.2, -0.15) is 0 Å². The van der Waals surface area contributed by atoms with Crippen molar-refractivity contribution in [3.05, 3.63) is 35.4 Å². The molecule has 0 spiro atoms. The summed E-state index contributed by atoms with van der Waals surface area (Å²) in [7, 11) is 2.01. The van der Waals surface area contributed by atoms with E-state index in [1.54, 1.807) is 0 Å². The molecule has 1 N–H and O–H groups in total. The van der Waals surface area contributed by atoms with Gasteiger partial charge in [-0.3, -0.25) is 0 Å². The van der Waals surface area contributed by atoms with E-state index in [9.17, 15) is 0 Å². The number of aryl methyl sites for hydroxylation is 1. The monoisotopic (exact) mass is 233 g/mol. The molecule has 2 rings (SSSR count). The zero-order valence-corrected chi connectivity index (χ0v) is 10.9. The van der Waals surface area contributed by atoms with Crippen LogP contribution in [0.3, 0.4) is 0 Å². The molecule has 0 fully saturated rings. The van der Waals surface area contributed by atoms with Crippen LogP contribution in [0.5, 0.6) is 0 Å². The number of hydrogen-bond donors (Lipinski definition) is 1. The standard InChI is InChI=1S/C15H23NO/c1-3-13(16-2)11-17-15-10-6-8-12-7-4-5-9-14(12)15/h4-5,7,9,13,15-16H,3,6,8,10-11H2,1-2H3. The SMILES string of the molecule is CCC(COC1CCCc2ccccc21)NC. The molecular formula is C15H23NO. The van der Waals surface area contributed by atoms with E-state index in [1.807, 2.05) is 7.05 Å². The van der Waals surface area contributed by atoms with Crippen molar-refractivity contribution >= 4 is 0 Å². The van der Waals surface area contributed by atoms with Crippen LogP contribution in [0.4, 0.5) is 0 Å². The largest absolute Gasteiger partial charge is 0.372 e. The summed E-state index contributed by atoms with van der Waals surface area (Å²) < 4.78 is 6.09. The Morgan fingerprint density at radius 1 is 1.41 bits per heavy atom. The maximum absolute atomic E-state index is 6.09. The lowest BCUT2D eigenvalue weighted by Gasteiger charge is -2.27. The smallest absolute Gasteiger partial charge is 0.0828 e. The van der Waals surface area contributed by atoms with Crippen molar-refractivity contribution in [3.63, 3.8) is 0 Å². The van der Waals surface area contributed by atoms with Gasteiger partial charge in [0, 0.05) is 6.04 Å². The van der Waals surface area contributed by atoms with Crippen LogP contribution in [-0.2, 0) is 11.2 Å². The fourth-order valence-corrected chi connectivity index (χ4v) is 2.52. The second-order valence-electron chi connectivity index (χ2n) is 4.81. The number of ether oxygens (including phenoxy) is 1. The lowest BCUT2D eigenvalue weighted by Crippen LogP contribution is -2.30. The molecule has 0 amide bonds. The van der Waals surface area contributed by atoms with Gasteiger partial charge in [0.1, 0.15) is 0 Å². The molecule has 1 aromatic carbocycles. The summed E-state index contributed by atoms with van der Waals surface area (Å²) in [6, 6.07) is 9.18. The summed E-state index contributed by atoms with van der Waals surface area (Å²) in [6.45, 7) is 3.01. The van der Waals surface area contributed by atoms with E-state index in [0.29, 0.717) is 12.1 Å². The molecule has 2 unspecified atom stereocenters. The van der Waals surface area contributed by atoms with Crippen LogP contribution in [0.15, 0.2) is 24.3 Å². The van der Waals surface area contributed by atoms with Gasteiger partial charge in [-0.25, -0.2) is 0 Å². The first-order valence-corrected chi connectivity index (χ1v) is 6.71. The number of fused-ring (bicyclic) bond motifs is 1. The predicted octanol–water partition coefficient (Wildman–Crippen LogP) is 3.08. The molecule has 2 heteroatoms. The van der Waals surface area contributed by atoms with Gasteiger partial charge in [-0.15, -0.1) is 0 Å². The van der Waals surface area contributed by atoms with Gasteiger partial charge < -0.3 is 10.1 Å². The van der Waals surface area contributed by atoms with E-state index in [2.05, 4.69) is 36.5 Å². The zero-order chi connectivity index (χ0) is 12.1. The summed E-state index contributed by atoms with van der Waals surface area (Å²) in [5.41, 5.74) is 2.88. The van der Waals surface area contributed by atoms with Crippen LogP contribution in [0.2, 0.25) is 0 Å². The molecule has 0 aliphatic heterocycles. The van der Waals surface area contributed by atoms with E-state index in [0.717, 1.165) is 19.4 Å². The molecule has 2 atom stereocenters. The summed E-state index contributed by atoms with van der Waals surface area (Å²) in [4.78, 5) is 0. The van der Waals surface area contributed by atoms with Crippen LogP contribution in [-0.4, -0.2) is 19.7 Å². The van der Waals surface area contributed by atoms with E-state index < -0.39 is 0 Å². The Balaban J connectivity index is 1.99. The third kappa shape index (κ3) is 3.08. The number of nitrogens with one attached hydrogen (secondary N) is 1. The van der Waals surface area contributed by atoms with Gasteiger partial charge in [0.05, 0.1) is 12.7 Å². The molecule has 0 heterocycles. The van der Waals surface area contributed by atoms with Gasteiger partial charge in [-0.05, 0) is 43.9 Å². The molecule has 0 radical (unpaired) electrons. The third-order valence-electron chi connectivity index (χ3n) is 3.71. The fraction of sp³-hybridized carbons (Fsp3) is 0.600. The maximum Gasteiger partial charge on any atom is 0.0828 e. The fourth-order valence-electron chi connectivity index (χ4n) is 2.52. The quantitative estimate of drug-likeness (QED) is 0.844. The highest BCUT2D eigenvalue weighted by Crippen LogP contribution is 2.32. The molecule has 94 valence electrons. The van der Waals surface area contributed by atoms with Gasteiger partial charge in [0.2, 0.25) is 0 Å². The summed E-state index contributed by atoms with van der Waals surface area (Å²) >= 11 is 0. The van der Waals surface area contributed by atoms with Crippen molar-refractivity contribution < 1.29 is 4.74 Å². The molecule has 1 aliphatic rings. The topological polar surface area (TPSA) is 21.3 Å². The molecule has 2 nitrogen and oxygen atoms in total. The maximum atomic E-state index is 6.09. The van der Waals surface area contributed by atoms with Gasteiger partial charge >= 0.3 is 0 Å². The summed E-state index contributed by atoms with van der Waals surface area (Å²) in [5.74, 6) is 0. The number of rotatable bonds is 5. The van der Waals surface area contributed by atoms with Crippen LogP contribution >= 0.6 is 0 Å². The normalized spacial score (nSPS) is 20.9. The average molecular weight is 233 g/mol. The third-order valence-corrected chi connectivity index (χ3v) is 3.71. The van der Waals surface area contributed by atoms with E-state index in [4.69, 9.17) is 4.74 Å². The summed E-state index contributed by atoms with van der Waals surface area (Å²) in [6.07, 6.45) is 5.04. The Labute approximate surface area is 104 Å². The van der Waals surface area contributed by atoms with Crippen LogP contribution in [0, 0.1) is 0 Å². The Morgan fingerprint density at radius 2 is 2.24 bits per heavy atom. The van der Waals surface area contributed by atoms with Gasteiger partial charge in [0.15, 0.2) is 0 Å². The molecule has 1 aromatic rings. The number of hydrogen-bond acceptors (Lipinski definition) is 2. The average Bonchev–Trinajstić information content (AvgIpc) is 2.40. The molecule has 0 bridgehead atoms. The van der Waals surface area contributed by atoms with Crippen LogP contribution in [0.25, 0.3) is 0 Å². The molecule has 17 heavy (non-hydrogen) atoms. The van der Waals surface area contributed by atoms with Gasteiger partial charge in [-0.1, -0.05) is 31.2 Å². The Hall–Kier alpha value is -0.860. The second-order valence-corrected chi connectivity index (χ2v) is 4.81. The molecule has 0 saturated carbocycles. The lowest BCUT2D eigenvalue weighted by molar-refractivity contribution is 0.0271. The molecule has 1 aliphatic carbocycles. The lowest BCUT2D eigenvalue weighted by atomic mass is 9.89. The van der Waals surface area contributed by atoms with Crippen molar-refractivity contribution in [2.45, 2.75) is 44.8 Å². The number of benzene rings is 1. The Morgan fingerprint density at radius 3 is 3.00 bits per heavy atom. The second kappa shape index (κ2) is 6.18. The van der Waals surface area contributed by atoms with E-state index >= 15 is 0 Å². The first-order valence-electron chi connectivity index (χ1n) is 6.71. The van der Waals surface area contributed by atoms with E-state index in [1.165, 1.54) is 24.0 Å². The minimum atomic E-state index is 0.308. The predicted molar refractivity (Wildman–Crippen MR) is 71.2 cm³/mol. The van der Waals surface area contributed by atoms with Crippen molar-refractivity contribution in [2.75, 3.05) is 13.7 Å².